The van der Waals surface area contributed by atoms with Gasteiger partial charge >= 0.3 is 12.1 Å². The first-order valence-electron chi connectivity index (χ1n) is 11.7. The molecule has 0 aromatic heterocycles. The maximum absolute atomic E-state index is 12.8. The number of likely N-dealkylation sites (tertiary alicyclic amines) is 2. The highest BCUT2D eigenvalue weighted by Crippen LogP contribution is 2.36. The molecule has 0 bridgehead atoms. The zero-order valence-corrected chi connectivity index (χ0v) is 19.9. The van der Waals surface area contributed by atoms with Crippen LogP contribution in [0, 0.1) is 11.8 Å². The fourth-order valence-corrected chi connectivity index (χ4v) is 4.93. The van der Waals surface area contributed by atoms with Gasteiger partial charge in [0.15, 0.2) is 0 Å². The van der Waals surface area contributed by atoms with Gasteiger partial charge in [-0.1, -0.05) is 18.6 Å². The molecule has 2 saturated heterocycles. The topological polar surface area (TPSA) is 99.2 Å². The van der Waals surface area contributed by atoms with Gasteiger partial charge < -0.3 is 20.1 Å². The number of nitrogens with zero attached hydrogens (tertiary/aromatic N) is 2. The molecule has 1 aromatic carbocycles. The van der Waals surface area contributed by atoms with Crippen LogP contribution < -0.4 is 10.1 Å². The van der Waals surface area contributed by atoms with Crippen molar-refractivity contribution >= 4 is 17.8 Å². The van der Waals surface area contributed by atoms with Crippen LogP contribution in [0.4, 0.5) is 13.2 Å². The van der Waals surface area contributed by atoms with E-state index in [0.29, 0.717) is 24.4 Å². The van der Waals surface area contributed by atoms with Crippen LogP contribution in [-0.4, -0.2) is 78.2 Å². The zero-order chi connectivity index (χ0) is 25.8. The van der Waals surface area contributed by atoms with Gasteiger partial charge in [0.1, 0.15) is 5.75 Å². The molecule has 11 heteroatoms. The Morgan fingerprint density at radius 1 is 1.14 bits per heavy atom. The van der Waals surface area contributed by atoms with Gasteiger partial charge in [-0.15, -0.1) is 0 Å². The molecule has 1 aliphatic carbocycles. The Hall–Kier alpha value is -2.82. The summed E-state index contributed by atoms with van der Waals surface area (Å²) in [5.41, 5.74) is 1.06. The number of piperidine rings is 1. The number of hydrogen-bond donors (Lipinski definition) is 2. The number of methoxy groups -OCH3 is 1. The summed E-state index contributed by atoms with van der Waals surface area (Å²) in [6.45, 7) is 2.17. The van der Waals surface area contributed by atoms with Gasteiger partial charge in [0.05, 0.1) is 13.2 Å². The van der Waals surface area contributed by atoms with Crippen molar-refractivity contribution in [2.75, 3.05) is 27.2 Å². The molecular weight excluding hydrogens is 467 g/mol. The predicted octanol–water partition coefficient (Wildman–Crippen LogP) is 2.67. The molecule has 3 atom stereocenters. The second kappa shape index (κ2) is 11.3. The lowest BCUT2D eigenvalue weighted by Gasteiger charge is -2.40. The van der Waals surface area contributed by atoms with Crippen molar-refractivity contribution in [2.45, 2.75) is 56.9 Å². The molecule has 2 heterocycles. The number of amides is 2. The fourth-order valence-electron chi connectivity index (χ4n) is 4.93. The first-order chi connectivity index (χ1) is 16.5. The van der Waals surface area contributed by atoms with E-state index in [0.717, 1.165) is 50.1 Å². The van der Waals surface area contributed by atoms with Crippen LogP contribution in [0.3, 0.4) is 0 Å². The van der Waals surface area contributed by atoms with E-state index in [1.165, 1.54) is 6.42 Å². The smallest absolute Gasteiger partial charge is 0.490 e. The van der Waals surface area contributed by atoms with E-state index in [4.69, 9.17) is 14.6 Å². The highest BCUT2D eigenvalue weighted by atomic mass is 19.4. The minimum absolute atomic E-state index is 0.0876. The third-order valence-electron chi connectivity index (χ3n) is 7.17. The number of likely N-dealkylation sites (N-methyl/N-ethyl adjacent to an activating group) is 1. The van der Waals surface area contributed by atoms with E-state index in [2.05, 4.69) is 22.2 Å². The summed E-state index contributed by atoms with van der Waals surface area (Å²) >= 11 is 0. The quantitative estimate of drug-likeness (QED) is 0.647. The molecule has 194 valence electrons. The lowest BCUT2D eigenvalue weighted by Crippen LogP contribution is -2.50. The van der Waals surface area contributed by atoms with Gasteiger partial charge in [0, 0.05) is 31.6 Å². The van der Waals surface area contributed by atoms with E-state index in [-0.39, 0.29) is 17.9 Å². The van der Waals surface area contributed by atoms with Crippen LogP contribution in [0.1, 0.15) is 37.7 Å². The van der Waals surface area contributed by atoms with E-state index >= 15 is 0 Å². The number of rotatable bonds is 5. The third kappa shape index (κ3) is 6.65. The highest BCUT2D eigenvalue weighted by Gasteiger charge is 2.46. The van der Waals surface area contributed by atoms with Crippen LogP contribution in [0.15, 0.2) is 24.3 Å². The Kier molecular flexibility index (Phi) is 8.63. The Bertz CT molecular complexity index is 905. The monoisotopic (exact) mass is 499 g/mol. The van der Waals surface area contributed by atoms with Gasteiger partial charge in [0.25, 0.3) is 0 Å². The number of halogens is 3. The molecule has 0 radical (unpaired) electrons. The number of fused-ring (bicyclic) bond motifs is 1. The number of carboxylic acids is 1. The van der Waals surface area contributed by atoms with Crippen LogP contribution in [-0.2, 0) is 20.9 Å². The third-order valence-corrected chi connectivity index (χ3v) is 7.17. The van der Waals surface area contributed by atoms with E-state index in [9.17, 15) is 22.8 Å². The molecule has 2 N–H and O–H groups in total. The van der Waals surface area contributed by atoms with Crippen molar-refractivity contribution in [3.63, 3.8) is 0 Å². The number of benzene rings is 1. The summed E-state index contributed by atoms with van der Waals surface area (Å²) in [5.74, 6) is -0.841. The number of carbonyl (C=O) groups is 3. The normalized spacial score (nSPS) is 24.5. The van der Waals surface area contributed by atoms with Gasteiger partial charge in [-0.3, -0.25) is 14.5 Å². The highest BCUT2D eigenvalue weighted by molar-refractivity contribution is 5.82. The number of carboxylic acid groups (broad SMARTS) is 1. The van der Waals surface area contributed by atoms with Crippen LogP contribution >= 0.6 is 0 Å². The molecule has 35 heavy (non-hydrogen) atoms. The average molecular weight is 500 g/mol. The van der Waals surface area contributed by atoms with Crippen molar-refractivity contribution in [2.24, 2.45) is 11.8 Å². The molecular formula is C24H32F3N3O5. The Balaban J connectivity index is 0.000000429. The van der Waals surface area contributed by atoms with Crippen LogP contribution in [0.2, 0.25) is 0 Å². The second-order valence-corrected chi connectivity index (χ2v) is 9.31. The number of alkyl halides is 3. The van der Waals surface area contributed by atoms with Crippen LogP contribution in [0.25, 0.3) is 0 Å². The molecule has 3 unspecified atom stereocenters. The van der Waals surface area contributed by atoms with E-state index in [1.807, 2.05) is 24.3 Å². The summed E-state index contributed by atoms with van der Waals surface area (Å²) in [5, 5.41) is 10.2. The minimum atomic E-state index is -5.08. The average Bonchev–Trinajstić information content (AvgIpc) is 3.12. The van der Waals surface area contributed by atoms with Gasteiger partial charge in [0.2, 0.25) is 11.8 Å². The van der Waals surface area contributed by atoms with Crippen molar-refractivity contribution in [3.8, 4) is 5.75 Å². The fraction of sp³-hybridized carbons (Fsp3) is 0.625. The van der Waals surface area contributed by atoms with Crippen molar-refractivity contribution in [1.82, 2.24) is 15.1 Å². The largest absolute Gasteiger partial charge is 0.497 e. The Morgan fingerprint density at radius 2 is 1.77 bits per heavy atom. The number of carbonyl (C=O) groups excluding carboxylic acids is 2. The van der Waals surface area contributed by atoms with Gasteiger partial charge in [-0.2, -0.15) is 13.2 Å². The molecule has 8 nitrogen and oxygen atoms in total. The Morgan fingerprint density at radius 3 is 2.29 bits per heavy atom. The van der Waals surface area contributed by atoms with Gasteiger partial charge in [-0.05, 0) is 56.3 Å². The number of ether oxygens (including phenoxy) is 1. The summed E-state index contributed by atoms with van der Waals surface area (Å²) in [7, 11) is 3.71. The second-order valence-electron chi connectivity index (χ2n) is 9.31. The summed E-state index contributed by atoms with van der Waals surface area (Å²) in [6, 6.07) is 8.06. The summed E-state index contributed by atoms with van der Waals surface area (Å²) < 4.78 is 36.9. The molecule has 3 fully saturated rings. The number of hydrogen-bond acceptors (Lipinski definition) is 5. The SMILES string of the molecule is COc1ccc(CNC(=O)C2CC3CN(C(=O)C4CCC4)CCC3N2C)cc1.O=C(O)C(F)(F)F. The molecule has 3 aliphatic rings. The summed E-state index contributed by atoms with van der Waals surface area (Å²) in [6.07, 6.45) is 0.0286. The molecule has 2 aliphatic heterocycles. The van der Waals surface area contributed by atoms with Crippen molar-refractivity contribution < 1.29 is 37.4 Å². The maximum Gasteiger partial charge on any atom is 0.490 e. The molecule has 1 aromatic rings. The lowest BCUT2D eigenvalue weighted by molar-refractivity contribution is -0.192. The standard InChI is InChI=1S/C22H31N3O3.C2HF3O2/c1-24-19-10-11-25(22(27)16-4-3-5-16)14-17(19)12-20(24)21(26)23-13-15-6-8-18(28-2)9-7-15;3-2(4,5)1(6)7/h6-9,16-17,19-20H,3-5,10-14H2,1-2H3,(H,23,26);(H,6,7). The number of aliphatic carboxylic acids is 1. The molecule has 4 rings (SSSR count). The van der Waals surface area contributed by atoms with Crippen molar-refractivity contribution in [1.29, 1.82) is 0 Å². The van der Waals surface area contributed by atoms with E-state index < -0.39 is 12.1 Å². The Labute approximate surface area is 202 Å². The molecule has 0 spiro atoms. The first-order valence-corrected chi connectivity index (χ1v) is 11.7. The molecule has 1 saturated carbocycles. The van der Waals surface area contributed by atoms with Crippen LogP contribution in [0.5, 0.6) is 5.75 Å². The zero-order valence-electron chi connectivity index (χ0n) is 19.9. The molecule has 2 amide bonds. The van der Waals surface area contributed by atoms with Gasteiger partial charge in [-0.25, -0.2) is 4.79 Å². The summed E-state index contributed by atoms with van der Waals surface area (Å²) in [4.78, 5) is 38.6. The lowest BCUT2D eigenvalue weighted by atomic mass is 9.83. The minimum Gasteiger partial charge on any atom is -0.497 e. The maximum atomic E-state index is 12.8. The van der Waals surface area contributed by atoms with Crippen molar-refractivity contribution in [3.05, 3.63) is 29.8 Å². The number of nitrogens with one attached hydrogen (secondary N) is 1. The van der Waals surface area contributed by atoms with E-state index in [1.54, 1.807) is 7.11 Å². The first kappa shape index (κ1) is 26.8. The predicted molar refractivity (Wildman–Crippen MR) is 121 cm³/mol.